The molecular formula is C8H15NO. The number of aliphatic imine (C=N–C) groups is 1. The second kappa shape index (κ2) is 5.19. The van der Waals surface area contributed by atoms with Gasteiger partial charge < -0.3 is 0 Å². The molecule has 1 fully saturated rings. The van der Waals surface area contributed by atoms with Crippen molar-refractivity contribution in [3.8, 4) is 0 Å². The van der Waals surface area contributed by atoms with Gasteiger partial charge in [-0.25, -0.2) is 9.79 Å². The van der Waals surface area contributed by atoms with Gasteiger partial charge in [-0.05, 0) is 12.8 Å². The van der Waals surface area contributed by atoms with Gasteiger partial charge in [0.25, 0.3) is 0 Å². The maximum atomic E-state index is 9.78. The highest BCUT2D eigenvalue weighted by Gasteiger charge is 2.10. The average molecular weight is 141 g/mol. The van der Waals surface area contributed by atoms with E-state index in [-0.39, 0.29) is 7.43 Å². The largest absolute Gasteiger partial charge is 0.235 e. The Morgan fingerprint density at radius 3 is 2.30 bits per heavy atom. The lowest BCUT2D eigenvalue weighted by Gasteiger charge is -2.14. The molecule has 1 rings (SSSR count). The van der Waals surface area contributed by atoms with Crippen molar-refractivity contribution < 1.29 is 4.79 Å². The zero-order valence-electron chi connectivity index (χ0n) is 5.47. The Morgan fingerprint density at radius 2 is 1.80 bits per heavy atom. The van der Waals surface area contributed by atoms with Crippen LogP contribution in [-0.4, -0.2) is 12.1 Å². The van der Waals surface area contributed by atoms with Crippen molar-refractivity contribution in [1.29, 1.82) is 0 Å². The first kappa shape index (κ1) is 9.38. The monoisotopic (exact) mass is 141 g/mol. The topological polar surface area (TPSA) is 29.4 Å². The summed E-state index contributed by atoms with van der Waals surface area (Å²) in [5.74, 6) is 0. The molecule has 0 radical (unpaired) electrons. The molecule has 0 saturated heterocycles. The number of hydrogen-bond acceptors (Lipinski definition) is 2. The fraction of sp³-hybridized carbons (Fsp3) is 0.875. The summed E-state index contributed by atoms with van der Waals surface area (Å²) in [5, 5.41) is 0. The van der Waals surface area contributed by atoms with Gasteiger partial charge in [0.05, 0.1) is 6.04 Å². The second-order valence-electron chi connectivity index (χ2n) is 2.51. The highest BCUT2D eigenvalue weighted by Crippen LogP contribution is 2.19. The predicted molar refractivity (Wildman–Crippen MR) is 41.7 cm³/mol. The Balaban J connectivity index is 0.000000810. The maximum Gasteiger partial charge on any atom is 0.235 e. The van der Waals surface area contributed by atoms with Crippen LogP contribution < -0.4 is 0 Å². The zero-order chi connectivity index (χ0) is 6.53. The van der Waals surface area contributed by atoms with Crippen molar-refractivity contribution in [2.24, 2.45) is 4.99 Å². The average Bonchev–Trinajstić information content (AvgIpc) is 1.91. The molecule has 0 spiro atoms. The third kappa shape index (κ3) is 2.79. The highest BCUT2D eigenvalue weighted by molar-refractivity contribution is 5.33. The zero-order valence-corrected chi connectivity index (χ0v) is 5.47. The summed E-state index contributed by atoms with van der Waals surface area (Å²) < 4.78 is 0. The summed E-state index contributed by atoms with van der Waals surface area (Å²) in [5.41, 5.74) is 0. The Hall–Kier alpha value is -0.620. The van der Waals surface area contributed by atoms with Crippen molar-refractivity contribution in [1.82, 2.24) is 0 Å². The number of hydrogen-bond donors (Lipinski definition) is 0. The minimum Gasteiger partial charge on any atom is -0.211 e. The van der Waals surface area contributed by atoms with Crippen LogP contribution in [0, 0.1) is 0 Å². The minimum absolute atomic E-state index is 0. The molecule has 2 nitrogen and oxygen atoms in total. The molecule has 10 heavy (non-hydrogen) atoms. The molecule has 0 bridgehead atoms. The molecule has 0 heterocycles. The van der Waals surface area contributed by atoms with Crippen LogP contribution in [0.3, 0.4) is 0 Å². The highest BCUT2D eigenvalue weighted by atomic mass is 16.1. The van der Waals surface area contributed by atoms with E-state index in [0.717, 1.165) is 12.8 Å². The van der Waals surface area contributed by atoms with E-state index in [1.54, 1.807) is 6.08 Å². The van der Waals surface area contributed by atoms with Crippen LogP contribution in [0.1, 0.15) is 39.5 Å². The molecular weight excluding hydrogens is 126 g/mol. The van der Waals surface area contributed by atoms with Crippen molar-refractivity contribution in [2.75, 3.05) is 0 Å². The van der Waals surface area contributed by atoms with Gasteiger partial charge in [-0.3, -0.25) is 0 Å². The normalized spacial score (nSPS) is 18.8. The maximum absolute atomic E-state index is 9.78. The molecule has 1 saturated carbocycles. The van der Waals surface area contributed by atoms with E-state index in [9.17, 15) is 4.79 Å². The van der Waals surface area contributed by atoms with Crippen LogP contribution in [0.25, 0.3) is 0 Å². The Labute approximate surface area is 62.4 Å². The first-order valence-electron chi connectivity index (χ1n) is 3.50. The van der Waals surface area contributed by atoms with Crippen LogP contribution in [0.2, 0.25) is 0 Å². The summed E-state index contributed by atoms with van der Waals surface area (Å²) in [6, 6.07) is 0.302. The molecule has 0 amide bonds. The smallest absolute Gasteiger partial charge is 0.211 e. The van der Waals surface area contributed by atoms with Crippen molar-refractivity contribution in [3.63, 3.8) is 0 Å². The fourth-order valence-corrected chi connectivity index (χ4v) is 1.28. The van der Waals surface area contributed by atoms with Gasteiger partial charge in [-0.2, -0.15) is 0 Å². The first-order chi connectivity index (χ1) is 4.43. The van der Waals surface area contributed by atoms with E-state index in [1.807, 2.05) is 0 Å². The third-order valence-corrected chi connectivity index (χ3v) is 1.81. The van der Waals surface area contributed by atoms with Gasteiger partial charge in [0.15, 0.2) is 0 Å². The fourth-order valence-electron chi connectivity index (χ4n) is 1.28. The molecule has 1 aliphatic carbocycles. The molecule has 0 aromatic heterocycles. The minimum atomic E-state index is 0. The molecule has 1 aliphatic rings. The third-order valence-electron chi connectivity index (χ3n) is 1.81. The Bertz CT molecular complexity index is 121. The Kier molecular flexibility index (Phi) is 4.87. The van der Waals surface area contributed by atoms with Crippen LogP contribution in [-0.2, 0) is 4.79 Å². The lowest BCUT2D eigenvalue weighted by molar-refractivity contribution is 0.439. The molecule has 0 aromatic carbocycles. The lowest BCUT2D eigenvalue weighted by Crippen LogP contribution is -2.08. The molecule has 58 valence electrons. The van der Waals surface area contributed by atoms with Crippen LogP contribution in [0.15, 0.2) is 4.99 Å². The second-order valence-corrected chi connectivity index (χ2v) is 2.51. The van der Waals surface area contributed by atoms with Gasteiger partial charge in [-0.1, -0.05) is 26.7 Å². The van der Waals surface area contributed by atoms with Gasteiger partial charge in [0.1, 0.15) is 0 Å². The summed E-state index contributed by atoms with van der Waals surface area (Å²) in [6.45, 7) is 0. The van der Waals surface area contributed by atoms with Crippen LogP contribution in [0.4, 0.5) is 0 Å². The van der Waals surface area contributed by atoms with E-state index < -0.39 is 0 Å². The summed E-state index contributed by atoms with van der Waals surface area (Å²) in [4.78, 5) is 13.5. The summed E-state index contributed by atoms with van der Waals surface area (Å²) in [7, 11) is 0. The van der Waals surface area contributed by atoms with E-state index >= 15 is 0 Å². The van der Waals surface area contributed by atoms with Gasteiger partial charge in [0, 0.05) is 0 Å². The van der Waals surface area contributed by atoms with E-state index in [1.165, 1.54) is 19.3 Å². The van der Waals surface area contributed by atoms with Crippen LogP contribution in [0.5, 0.6) is 0 Å². The van der Waals surface area contributed by atoms with E-state index in [4.69, 9.17) is 0 Å². The van der Waals surface area contributed by atoms with Gasteiger partial charge >= 0.3 is 0 Å². The summed E-state index contributed by atoms with van der Waals surface area (Å²) in [6.07, 6.45) is 7.57. The van der Waals surface area contributed by atoms with Gasteiger partial charge in [-0.15, -0.1) is 0 Å². The van der Waals surface area contributed by atoms with Crippen molar-refractivity contribution in [2.45, 2.75) is 45.6 Å². The molecule has 2 heteroatoms. The standard InChI is InChI=1S/C7H11NO.CH4/c9-6-8-7-4-2-1-3-5-7;/h7H,1-5H2;1H4. The SMILES string of the molecule is C.O=C=NC1CCCCC1. The van der Waals surface area contributed by atoms with Crippen LogP contribution >= 0.6 is 0 Å². The molecule has 0 N–H and O–H groups in total. The summed E-state index contributed by atoms with van der Waals surface area (Å²) >= 11 is 0. The number of carbonyl (C=O) groups excluding carboxylic acids is 1. The van der Waals surface area contributed by atoms with Crippen molar-refractivity contribution >= 4 is 6.08 Å². The first-order valence-corrected chi connectivity index (χ1v) is 3.50. The number of nitrogens with zero attached hydrogens (tertiary/aromatic N) is 1. The van der Waals surface area contributed by atoms with E-state index in [0.29, 0.717) is 6.04 Å². The Morgan fingerprint density at radius 1 is 1.20 bits per heavy atom. The lowest BCUT2D eigenvalue weighted by atomic mass is 9.96. The number of rotatable bonds is 1. The molecule has 0 unspecified atom stereocenters. The van der Waals surface area contributed by atoms with Crippen molar-refractivity contribution in [3.05, 3.63) is 0 Å². The van der Waals surface area contributed by atoms with Gasteiger partial charge in [0.2, 0.25) is 6.08 Å². The predicted octanol–water partition coefficient (Wildman–Crippen LogP) is 2.29. The molecule has 0 aromatic rings. The quantitative estimate of drug-likeness (QED) is 0.407. The number of isocyanates is 1. The van der Waals surface area contributed by atoms with E-state index in [2.05, 4.69) is 4.99 Å². The molecule has 0 atom stereocenters. The molecule has 0 aliphatic heterocycles.